The summed E-state index contributed by atoms with van der Waals surface area (Å²) < 4.78 is 0. The van der Waals surface area contributed by atoms with Crippen LogP contribution >= 0.6 is 11.6 Å². The third kappa shape index (κ3) is 4.55. The van der Waals surface area contributed by atoms with Crippen LogP contribution in [0.5, 0.6) is 0 Å². The van der Waals surface area contributed by atoms with E-state index in [1.54, 1.807) is 18.5 Å². The molecule has 2 heterocycles. The molecule has 148 valence electrons. The molecule has 1 amide bonds. The van der Waals surface area contributed by atoms with Gasteiger partial charge in [0.15, 0.2) is 5.82 Å². The van der Waals surface area contributed by atoms with Gasteiger partial charge < -0.3 is 15.1 Å². The van der Waals surface area contributed by atoms with Crippen molar-refractivity contribution in [1.29, 1.82) is 0 Å². The first-order valence-corrected chi connectivity index (χ1v) is 9.90. The summed E-state index contributed by atoms with van der Waals surface area (Å²) >= 11 is 6.19. The first kappa shape index (κ1) is 19.4. The number of amides is 1. The quantitative estimate of drug-likeness (QED) is 0.712. The molecule has 1 fully saturated rings. The molecule has 29 heavy (non-hydrogen) atoms. The number of carbonyl (C=O) groups excluding carboxylic acids is 1. The van der Waals surface area contributed by atoms with E-state index in [4.69, 9.17) is 11.6 Å². The molecule has 3 aromatic rings. The lowest BCUT2D eigenvalue weighted by molar-refractivity contribution is 0.102. The fraction of sp³-hybridized carbons (Fsp3) is 0.227. The molecular formula is C22H22ClN5O. The lowest BCUT2D eigenvalue weighted by atomic mass is 10.2. The molecule has 7 heteroatoms. The van der Waals surface area contributed by atoms with Crippen LogP contribution in [0.25, 0.3) is 11.4 Å². The smallest absolute Gasteiger partial charge is 0.258 e. The molecule has 0 bridgehead atoms. The van der Waals surface area contributed by atoms with Crippen LogP contribution in [0, 0.1) is 0 Å². The molecule has 4 rings (SSSR count). The van der Waals surface area contributed by atoms with Gasteiger partial charge in [-0.1, -0.05) is 41.9 Å². The second-order valence-electron chi connectivity index (χ2n) is 7.07. The van der Waals surface area contributed by atoms with Gasteiger partial charge in [0, 0.05) is 49.2 Å². The highest BCUT2D eigenvalue weighted by atomic mass is 35.5. The number of likely N-dealkylation sites (N-methyl/N-ethyl adjacent to an activating group) is 1. The van der Waals surface area contributed by atoms with E-state index in [9.17, 15) is 4.79 Å². The van der Waals surface area contributed by atoms with Gasteiger partial charge in [-0.15, -0.1) is 0 Å². The number of nitrogens with one attached hydrogen (secondary N) is 1. The third-order valence-corrected chi connectivity index (χ3v) is 5.23. The van der Waals surface area contributed by atoms with E-state index in [-0.39, 0.29) is 5.91 Å². The van der Waals surface area contributed by atoms with Crippen molar-refractivity contribution >= 4 is 28.9 Å². The van der Waals surface area contributed by atoms with Crippen molar-refractivity contribution in [3.63, 3.8) is 0 Å². The number of aromatic nitrogens is 2. The van der Waals surface area contributed by atoms with Crippen molar-refractivity contribution in [3.05, 3.63) is 71.5 Å². The van der Waals surface area contributed by atoms with E-state index in [0.29, 0.717) is 22.1 Å². The Labute approximate surface area is 175 Å². The van der Waals surface area contributed by atoms with Gasteiger partial charge in [-0.3, -0.25) is 4.79 Å². The third-order valence-electron chi connectivity index (χ3n) is 5.00. The normalized spacial score (nSPS) is 14.6. The Balaban J connectivity index is 1.53. The highest BCUT2D eigenvalue weighted by Crippen LogP contribution is 2.30. The zero-order valence-corrected chi connectivity index (χ0v) is 16.9. The number of nitrogens with zero attached hydrogens (tertiary/aromatic N) is 4. The first-order chi connectivity index (χ1) is 14.1. The highest BCUT2D eigenvalue weighted by molar-refractivity contribution is 6.31. The molecule has 1 aromatic heterocycles. The number of carbonyl (C=O) groups is 1. The Kier molecular flexibility index (Phi) is 5.74. The molecule has 0 atom stereocenters. The largest absolute Gasteiger partial charge is 0.367 e. The van der Waals surface area contributed by atoms with Crippen LogP contribution < -0.4 is 10.2 Å². The molecule has 0 unspecified atom stereocenters. The fourth-order valence-electron chi connectivity index (χ4n) is 3.31. The number of rotatable bonds is 4. The maximum Gasteiger partial charge on any atom is 0.258 e. The predicted molar refractivity (Wildman–Crippen MR) is 117 cm³/mol. The van der Waals surface area contributed by atoms with Crippen LogP contribution in [-0.4, -0.2) is 54.0 Å². The summed E-state index contributed by atoms with van der Waals surface area (Å²) in [6, 6.07) is 15.3. The standard InChI is InChI=1S/C22H22ClN5O/c1-27-9-11-28(12-10-27)20-8-7-18(23)13-19(20)26-22(29)17-14-24-21(25-15-17)16-5-3-2-4-6-16/h2-8,13-15H,9-12H2,1H3,(H,26,29). The highest BCUT2D eigenvalue weighted by Gasteiger charge is 2.19. The summed E-state index contributed by atoms with van der Waals surface area (Å²) in [4.78, 5) is 26.0. The van der Waals surface area contributed by atoms with Crippen LogP contribution in [0.3, 0.4) is 0 Å². The Bertz CT molecular complexity index is 986. The number of halogens is 1. The number of piperazine rings is 1. The fourth-order valence-corrected chi connectivity index (χ4v) is 3.48. The summed E-state index contributed by atoms with van der Waals surface area (Å²) in [7, 11) is 2.11. The van der Waals surface area contributed by atoms with Crippen molar-refractivity contribution in [1.82, 2.24) is 14.9 Å². The Morgan fingerprint density at radius 3 is 2.38 bits per heavy atom. The molecule has 0 radical (unpaired) electrons. The monoisotopic (exact) mass is 407 g/mol. The Hall–Kier alpha value is -2.96. The van der Waals surface area contributed by atoms with Gasteiger partial charge in [-0.05, 0) is 25.2 Å². The molecule has 0 aliphatic carbocycles. The van der Waals surface area contributed by atoms with Gasteiger partial charge >= 0.3 is 0 Å². The van der Waals surface area contributed by atoms with Gasteiger partial charge in [-0.25, -0.2) is 9.97 Å². The molecule has 2 aromatic carbocycles. The molecule has 1 saturated heterocycles. The van der Waals surface area contributed by atoms with Gasteiger partial charge in [0.25, 0.3) is 5.91 Å². The number of benzene rings is 2. The van der Waals surface area contributed by atoms with E-state index in [1.807, 2.05) is 42.5 Å². The summed E-state index contributed by atoms with van der Waals surface area (Å²) in [6.07, 6.45) is 3.09. The lowest BCUT2D eigenvalue weighted by Crippen LogP contribution is -2.44. The van der Waals surface area contributed by atoms with E-state index in [0.717, 1.165) is 37.4 Å². The second kappa shape index (κ2) is 8.59. The Morgan fingerprint density at radius 2 is 1.69 bits per heavy atom. The van der Waals surface area contributed by atoms with E-state index < -0.39 is 0 Å². The van der Waals surface area contributed by atoms with E-state index in [1.165, 1.54) is 0 Å². The predicted octanol–water partition coefficient (Wildman–Crippen LogP) is 3.80. The van der Waals surface area contributed by atoms with Gasteiger partial charge in [-0.2, -0.15) is 0 Å². The minimum atomic E-state index is -0.262. The van der Waals surface area contributed by atoms with Crippen LogP contribution in [0.4, 0.5) is 11.4 Å². The number of hydrogen-bond acceptors (Lipinski definition) is 5. The summed E-state index contributed by atoms with van der Waals surface area (Å²) in [5.41, 5.74) is 2.97. The molecular weight excluding hydrogens is 386 g/mol. The van der Waals surface area contributed by atoms with Crippen molar-refractivity contribution in [2.24, 2.45) is 0 Å². The summed E-state index contributed by atoms with van der Waals surface area (Å²) in [5.74, 6) is 0.324. The van der Waals surface area contributed by atoms with Gasteiger partial charge in [0.2, 0.25) is 0 Å². The average Bonchev–Trinajstić information content (AvgIpc) is 2.75. The maximum absolute atomic E-state index is 12.8. The van der Waals surface area contributed by atoms with E-state index >= 15 is 0 Å². The maximum atomic E-state index is 12.8. The number of hydrogen-bond donors (Lipinski definition) is 1. The van der Waals surface area contributed by atoms with Crippen molar-refractivity contribution in [3.8, 4) is 11.4 Å². The minimum Gasteiger partial charge on any atom is -0.367 e. The van der Waals surface area contributed by atoms with Crippen LogP contribution in [0.1, 0.15) is 10.4 Å². The van der Waals surface area contributed by atoms with Crippen molar-refractivity contribution in [2.75, 3.05) is 43.4 Å². The van der Waals surface area contributed by atoms with Crippen LogP contribution in [-0.2, 0) is 0 Å². The number of anilines is 2. The van der Waals surface area contributed by atoms with Crippen LogP contribution in [0.15, 0.2) is 60.9 Å². The zero-order chi connectivity index (χ0) is 20.2. The minimum absolute atomic E-state index is 0.262. The molecule has 1 aliphatic rings. The molecule has 0 spiro atoms. The molecule has 6 nitrogen and oxygen atoms in total. The van der Waals surface area contributed by atoms with Crippen molar-refractivity contribution < 1.29 is 4.79 Å². The topological polar surface area (TPSA) is 61.4 Å². The van der Waals surface area contributed by atoms with Gasteiger partial charge in [0.1, 0.15) is 0 Å². The van der Waals surface area contributed by atoms with Crippen molar-refractivity contribution in [2.45, 2.75) is 0 Å². The first-order valence-electron chi connectivity index (χ1n) is 9.52. The lowest BCUT2D eigenvalue weighted by Gasteiger charge is -2.35. The SMILES string of the molecule is CN1CCN(c2ccc(Cl)cc2NC(=O)c2cnc(-c3ccccc3)nc2)CC1. The summed E-state index contributed by atoms with van der Waals surface area (Å²) in [6.45, 7) is 3.75. The van der Waals surface area contributed by atoms with Gasteiger partial charge in [0.05, 0.1) is 16.9 Å². The average molecular weight is 408 g/mol. The zero-order valence-electron chi connectivity index (χ0n) is 16.2. The molecule has 0 saturated carbocycles. The van der Waals surface area contributed by atoms with Crippen LogP contribution in [0.2, 0.25) is 5.02 Å². The summed E-state index contributed by atoms with van der Waals surface area (Å²) in [5, 5.41) is 3.55. The van der Waals surface area contributed by atoms with E-state index in [2.05, 4.69) is 32.1 Å². The molecule has 1 aliphatic heterocycles. The Morgan fingerprint density at radius 1 is 1.00 bits per heavy atom. The molecule has 1 N–H and O–H groups in total. The second-order valence-corrected chi connectivity index (χ2v) is 7.50.